The summed E-state index contributed by atoms with van der Waals surface area (Å²) in [6.07, 6.45) is -1.37. The molecule has 20 heavy (non-hydrogen) atoms. The average Bonchev–Trinajstić information content (AvgIpc) is 2.35. The fraction of sp³-hybridized carbons (Fsp3) is 0.385. The van der Waals surface area contributed by atoms with Crippen molar-refractivity contribution in [3.63, 3.8) is 0 Å². The van der Waals surface area contributed by atoms with E-state index in [0.29, 0.717) is 21.5 Å². The lowest BCUT2D eigenvalue weighted by atomic mass is 10.0. The summed E-state index contributed by atoms with van der Waals surface area (Å²) in [6, 6.07) is 3.45. The molecule has 3 N–H and O–H groups in total. The van der Waals surface area contributed by atoms with Crippen LogP contribution in [-0.2, 0) is 16.1 Å². The van der Waals surface area contributed by atoms with Gasteiger partial charge in [-0.15, -0.1) is 0 Å². The van der Waals surface area contributed by atoms with Crippen molar-refractivity contribution in [1.29, 1.82) is 0 Å². The van der Waals surface area contributed by atoms with E-state index in [1.165, 1.54) is 0 Å². The van der Waals surface area contributed by atoms with Crippen molar-refractivity contribution >= 4 is 33.6 Å². The van der Waals surface area contributed by atoms with Gasteiger partial charge in [0, 0.05) is 0 Å². The third-order valence-corrected chi connectivity index (χ3v) is 3.44. The van der Waals surface area contributed by atoms with Gasteiger partial charge >= 0.3 is 6.09 Å². The molecule has 108 valence electrons. The van der Waals surface area contributed by atoms with Crippen LogP contribution in [0.25, 0.3) is 0 Å². The molecule has 0 bridgehead atoms. The van der Waals surface area contributed by atoms with Crippen molar-refractivity contribution in [2.24, 2.45) is 11.7 Å². The molecule has 0 saturated carbocycles. The van der Waals surface area contributed by atoms with Gasteiger partial charge in [0.25, 0.3) is 5.91 Å². The molecule has 1 aromatic carbocycles. The largest absolute Gasteiger partial charge is 0.477 e. The first-order valence-electron chi connectivity index (χ1n) is 6.10. The van der Waals surface area contributed by atoms with Crippen molar-refractivity contribution < 1.29 is 19.1 Å². The zero-order valence-electron chi connectivity index (χ0n) is 11.1. The Balaban J connectivity index is 2.27. The molecule has 0 aliphatic carbocycles. The summed E-state index contributed by atoms with van der Waals surface area (Å²) in [7, 11) is 0. The number of hydrogen-bond acceptors (Lipinski definition) is 4. The molecule has 2 amide bonds. The summed E-state index contributed by atoms with van der Waals surface area (Å²) in [5, 5.41) is 2.79. The van der Waals surface area contributed by atoms with Crippen molar-refractivity contribution in [3.8, 4) is 5.75 Å². The van der Waals surface area contributed by atoms with Gasteiger partial charge in [-0.05, 0) is 39.5 Å². The van der Waals surface area contributed by atoms with E-state index in [2.05, 4.69) is 21.2 Å². The highest BCUT2D eigenvalue weighted by Crippen LogP contribution is 2.39. The van der Waals surface area contributed by atoms with Crippen LogP contribution in [0, 0.1) is 5.92 Å². The summed E-state index contributed by atoms with van der Waals surface area (Å²) in [5.74, 6) is 0.450. The predicted molar refractivity (Wildman–Crippen MR) is 76.4 cm³/mol. The molecule has 0 saturated heterocycles. The summed E-state index contributed by atoms with van der Waals surface area (Å²) < 4.78 is 11.1. The minimum Gasteiger partial charge on any atom is -0.477 e. The molecule has 0 spiro atoms. The van der Waals surface area contributed by atoms with E-state index in [1.54, 1.807) is 12.1 Å². The van der Waals surface area contributed by atoms with Gasteiger partial charge in [-0.1, -0.05) is 13.8 Å². The van der Waals surface area contributed by atoms with E-state index in [0.717, 1.165) is 0 Å². The van der Waals surface area contributed by atoms with Gasteiger partial charge in [0.15, 0.2) is 11.9 Å². The topological polar surface area (TPSA) is 90.7 Å². The summed E-state index contributed by atoms with van der Waals surface area (Å²) in [4.78, 5) is 22.5. The molecular weight excluding hydrogens is 328 g/mol. The van der Waals surface area contributed by atoms with Crippen LogP contribution in [0.15, 0.2) is 16.6 Å². The number of carbonyl (C=O) groups excluding carboxylic acids is 2. The minimum absolute atomic E-state index is 0.0324. The highest BCUT2D eigenvalue weighted by molar-refractivity contribution is 9.10. The van der Waals surface area contributed by atoms with Crippen molar-refractivity contribution in [2.45, 2.75) is 26.6 Å². The molecule has 0 fully saturated rings. The highest BCUT2D eigenvalue weighted by atomic mass is 79.9. The second kappa shape index (κ2) is 5.70. The van der Waals surface area contributed by atoms with Crippen molar-refractivity contribution in [2.75, 3.05) is 5.32 Å². The molecule has 1 atom stereocenters. The standard InChI is InChI=1S/C13H15BrN2O4/c1-6(2)10-12(17)16-9-4-7(5-19-13(15)18)3-8(14)11(9)20-10/h3-4,6,10H,5H2,1-2H3,(H2,15,18)(H,16,17). The number of halogens is 1. The number of nitrogens with one attached hydrogen (secondary N) is 1. The number of hydrogen-bond donors (Lipinski definition) is 2. The molecule has 1 unspecified atom stereocenters. The van der Waals surface area contributed by atoms with Gasteiger partial charge in [-0.2, -0.15) is 0 Å². The zero-order valence-corrected chi connectivity index (χ0v) is 12.7. The quantitative estimate of drug-likeness (QED) is 0.882. The lowest BCUT2D eigenvalue weighted by Crippen LogP contribution is -2.40. The van der Waals surface area contributed by atoms with Gasteiger partial charge in [-0.25, -0.2) is 4.79 Å². The maximum Gasteiger partial charge on any atom is 0.404 e. The van der Waals surface area contributed by atoms with E-state index in [4.69, 9.17) is 15.2 Å². The minimum atomic E-state index is -0.848. The number of amides is 2. The van der Waals surface area contributed by atoms with Crippen LogP contribution in [0.4, 0.5) is 10.5 Å². The van der Waals surface area contributed by atoms with Gasteiger partial charge < -0.3 is 20.5 Å². The van der Waals surface area contributed by atoms with Crippen LogP contribution in [0.2, 0.25) is 0 Å². The second-order valence-electron chi connectivity index (χ2n) is 4.83. The van der Waals surface area contributed by atoms with Crippen molar-refractivity contribution in [1.82, 2.24) is 0 Å². The molecule has 6 nitrogen and oxygen atoms in total. The van der Waals surface area contributed by atoms with Gasteiger partial charge in [0.1, 0.15) is 6.61 Å². The lowest BCUT2D eigenvalue weighted by Gasteiger charge is -2.29. The third kappa shape index (κ3) is 3.04. The van der Waals surface area contributed by atoms with Crippen LogP contribution >= 0.6 is 15.9 Å². The second-order valence-corrected chi connectivity index (χ2v) is 5.69. The van der Waals surface area contributed by atoms with Crippen LogP contribution in [0.3, 0.4) is 0 Å². The number of rotatable bonds is 3. The van der Waals surface area contributed by atoms with E-state index < -0.39 is 12.2 Å². The summed E-state index contributed by atoms with van der Waals surface area (Å²) >= 11 is 3.39. The number of nitrogens with two attached hydrogens (primary N) is 1. The third-order valence-electron chi connectivity index (χ3n) is 2.85. The Hall–Kier alpha value is -1.76. The average molecular weight is 343 g/mol. The van der Waals surface area contributed by atoms with Gasteiger partial charge in [-0.3, -0.25) is 4.79 Å². The fourth-order valence-electron chi connectivity index (χ4n) is 1.92. The van der Waals surface area contributed by atoms with E-state index in [9.17, 15) is 9.59 Å². The maximum atomic E-state index is 11.9. The lowest BCUT2D eigenvalue weighted by molar-refractivity contribution is -0.125. The number of ether oxygens (including phenoxy) is 2. The first kappa shape index (κ1) is 14.6. The smallest absolute Gasteiger partial charge is 0.404 e. The number of primary amides is 1. The van der Waals surface area contributed by atoms with Crippen LogP contribution in [0.5, 0.6) is 5.75 Å². The van der Waals surface area contributed by atoms with Crippen LogP contribution in [0.1, 0.15) is 19.4 Å². The first-order valence-corrected chi connectivity index (χ1v) is 6.90. The van der Waals surface area contributed by atoms with E-state index in [-0.39, 0.29) is 18.4 Å². The highest BCUT2D eigenvalue weighted by Gasteiger charge is 2.31. The summed E-state index contributed by atoms with van der Waals surface area (Å²) in [6.45, 7) is 3.86. The molecular formula is C13H15BrN2O4. The van der Waals surface area contributed by atoms with Crippen molar-refractivity contribution in [3.05, 3.63) is 22.2 Å². The molecule has 0 aromatic heterocycles. The van der Waals surface area contributed by atoms with E-state index >= 15 is 0 Å². The Morgan fingerprint density at radius 3 is 2.85 bits per heavy atom. The Bertz CT molecular complexity index is 560. The number of fused-ring (bicyclic) bond motifs is 1. The number of anilines is 1. The molecule has 1 aliphatic heterocycles. The maximum absolute atomic E-state index is 11.9. The first-order chi connectivity index (χ1) is 9.38. The van der Waals surface area contributed by atoms with Crippen LogP contribution in [-0.4, -0.2) is 18.1 Å². The Morgan fingerprint density at radius 1 is 1.55 bits per heavy atom. The molecule has 2 rings (SSSR count). The molecule has 1 aliphatic rings. The zero-order chi connectivity index (χ0) is 14.9. The number of carbonyl (C=O) groups is 2. The van der Waals surface area contributed by atoms with Crippen LogP contribution < -0.4 is 15.8 Å². The Labute approximate surface area is 124 Å². The predicted octanol–water partition coefficient (Wildman–Crippen LogP) is 2.40. The Kier molecular flexibility index (Phi) is 4.17. The fourth-order valence-corrected chi connectivity index (χ4v) is 2.52. The van der Waals surface area contributed by atoms with Gasteiger partial charge in [0.05, 0.1) is 10.2 Å². The van der Waals surface area contributed by atoms with Gasteiger partial charge in [0.2, 0.25) is 0 Å². The monoisotopic (exact) mass is 342 g/mol. The molecule has 0 radical (unpaired) electrons. The summed E-state index contributed by atoms with van der Waals surface area (Å²) in [5.41, 5.74) is 6.16. The normalized spacial score (nSPS) is 17.2. The number of benzene rings is 1. The molecule has 1 heterocycles. The molecule has 7 heteroatoms. The van der Waals surface area contributed by atoms with E-state index in [1.807, 2.05) is 13.8 Å². The molecule has 1 aromatic rings. The Morgan fingerprint density at radius 2 is 2.25 bits per heavy atom. The SMILES string of the molecule is CC(C)C1Oc2c(Br)cc(COC(N)=O)cc2NC1=O.